The van der Waals surface area contributed by atoms with Crippen LogP contribution < -0.4 is 26.4 Å². The highest BCUT2D eigenvalue weighted by molar-refractivity contribution is 6.30. The van der Waals surface area contributed by atoms with E-state index < -0.39 is 11.9 Å². The lowest BCUT2D eigenvalue weighted by Crippen LogP contribution is -2.36. The van der Waals surface area contributed by atoms with Crippen molar-refractivity contribution in [1.82, 2.24) is 10.6 Å². The number of nitrogens with two attached hydrogens (primary N) is 1. The van der Waals surface area contributed by atoms with E-state index in [1.54, 1.807) is 36.4 Å². The van der Waals surface area contributed by atoms with Crippen molar-refractivity contribution in [1.29, 1.82) is 5.41 Å². The summed E-state index contributed by atoms with van der Waals surface area (Å²) in [5, 5.41) is 16.4. The molecule has 9 heteroatoms. The Labute approximate surface area is 202 Å². The molecular weight excluding hydrogens is 454 g/mol. The quantitative estimate of drug-likeness (QED) is 0.130. The topological polar surface area (TPSA) is 129 Å². The molecule has 0 aliphatic heterocycles. The zero-order valence-electron chi connectivity index (χ0n) is 18.2. The van der Waals surface area contributed by atoms with Crippen LogP contribution in [-0.4, -0.2) is 31.2 Å². The lowest BCUT2D eigenvalue weighted by atomic mass is 10.1. The molecule has 3 aromatic carbocycles. The second kappa shape index (κ2) is 12.1. The summed E-state index contributed by atoms with van der Waals surface area (Å²) in [7, 11) is 0. The van der Waals surface area contributed by atoms with Gasteiger partial charge in [-0.05, 0) is 47.5 Å². The van der Waals surface area contributed by atoms with Crippen LogP contribution in [0.1, 0.15) is 0 Å². The van der Waals surface area contributed by atoms with Crippen LogP contribution in [-0.2, 0) is 4.79 Å². The summed E-state index contributed by atoms with van der Waals surface area (Å²) >= 11 is 5.92. The van der Waals surface area contributed by atoms with Gasteiger partial charge in [0.05, 0.1) is 0 Å². The van der Waals surface area contributed by atoms with Crippen LogP contribution >= 0.6 is 11.6 Å². The number of rotatable bonds is 10. The van der Waals surface area contributed by atoms with Gasteiger partial charge in [0, 0.05) is 30.0 Å². The molecule has 0 aliphatic rings. The van der Waals surface area contributed by atoms with Crippen LogP contribution in [0.25, 0.3) is 11.1 Å². The van der Waals surface area contributed by atoms with Crippen LogP contribution in [0.3, 0.4) is 0 Å². The van der Waals surface area contributed by atoms with E-state index >= 15 is 0 Å². The molecule has 0 heterocycles. The van der Waals surface area contributed by atoms with Gasteiger partial charge >= 0.3 is 6.03 Å². The van der Waals surface area contributed by atoms with E-state index in [0.29, 0.717) is 16.5 Å². The lowest BCUT2D eigenvalue weighted by Gasteiger charge is -2.16. The van der Waals surface area contributed by atoms with Gasteiger partial charge < -0.3 is 31.8 Å². The Morgan fingerprint density at radius 3 is 2.12 bits per heavy atom. The second-order valence-corrected chi connectivity index (χ2v) is 7.49. The smallest absolute Gasteiger partial charge is 0.312 e. The number of halogens is 1. The lowest BCUT2D eigenvalue weighted by molar-refractivity contribution is -0.114. The standard InChI is InChI=1S/C25H24ClN5O3/c26-19-8-10-20(11-9-19)31-24(32)23(22(16-27)29-14-15-30-25(28)33)34-21-12-6-18(7-13-21)17-4-2-1-3-5-17/h1-13,16,27,29H,14-15H2,(H,31,32)(H3,28,30,33)/b23-22-,27-16?. The fourth-order valence-corrected chi connectivity index (χ4v) is 3.11. The molecule has 0 saturated heterocycles. The van der Waals surface area contributed by atoms with Crippen molar-refractivity contribution in [3.8, 4) is 16.9 Å². The van der Waals surface area contributed by atoms with E-state index in [4.69, 9.17) is 27.5 Å². The highest BCUT2D eigenvalue weighted by Crippen LogP contribution is 2.24. The van der Waals surface area contributed by atoms with Gasteiger partial charge in [0.1, 0.15) is 11.4 Å². The molecule has 174 valence electrons. The van der Waals surface area contributed by atoms with Gasteiger partial charge in [-0.2, -0.15) is 0 Å². The molecule has 3 rings (SSSR count). The largest absolute Gasteiger partial charge is 0.449 e. The third-order valence-electron chi connectivity index (χ3n) is 4.62. The summed E-state index contributed by atoms with van der Waals surface area (Å²) in [6.07, 6.45) is 0.972. The number of primary amides is 1. The average Bonchev–Trinajstić information content (AvgIpc) is 2.85. The first-order valence-corrected chi connectivity index (χ1v) is 10.8. The number of anilines is 1. The summed E-state index contributed by atoms with van der Waals surface area (Å²) in [6.45, 7) is 0.423. The van der Waals surface area contributed by atoms with Crippen molar-refractivity contribution in [3.63, 3.8) is 0 Å². The van der Waals surface area contributed by atoms with Gasteiger partial charge in [-0.15, -0.1) is 0 Å². The van der Waals surface area contributed by atoms with Crippen LogP contribution in [0.5, 0.6) is 5.75 Å². The van der Waals surface area contributed by atoms with Crippen LogP contribution in [0.15, 0.2) is 90.3 Å². The van der Waals surface area contributed by atoms with E-state index in [1.165, 1.54) is 0 Å². The van der Waals surface area contributed by atoms with Crippen molar-refractivity contribution < 1.29 is 14.3 Å². The second-order valence-electron chi connectivity index (χ2n) is 7.06. The Morgan fingerprint density at radius 1 is 0.882 bits per heavy atom. The number of nitrogens with one attached hydrogen (secondary N) is 4. The first-order chi connectivity index (χ1) is 16.5. The minimum absolute atomic E-state index is 0.114. The highest BCUT2D eigenvalue weighted by Gasteiger charge is 2.18. The minimum atomic E-state index is -0.669. The minimum Gasteiger partial charge on any atom is -0.449 e. The average molecular weight is 478 g/mol. The van der Waals surface area contributed by atoms with Crippen molar-refractivity contribution in [3.05, 3.63) is 95.3 Å². The molecule has 0 spiro atoms. The number of ether oxygens (including phenoxy) is 1. The van der Waals surface area contributed by atoms with E-state index in [0.717, 1.165) is 17.3 Å². The number of carbonyl (C=O) groups excluding carboxylic acids is 2. The Kier molecular flexibility index (Phi) is 8.65. The van der Waals surface area contributed by atoms with E-state index in [2.05, 4.69) is 16.0 Å². The molecule has 34 heavy (non-hydrogen) atoms. The third kappa shape index (κ3) is 7.11. The van der Waals surface area contributed by atoms with Gasteiger partial charge in [0.25, 0.3) is 5.91 Å². The van der Waals surface area contributed by atoms with Crippen molar-refractivity contribution in [2.24, 2.45) is 5.73 Å². The predicted molar refractivity (Wildman–Crippen MR) is 134 cm³/mol. The Balaban J connectivity index is 1.83. The molecule has 6 N–H and O–H groups in total. The normalized spacial score (nSPS) is 11.1. The SMILES string of the molecule is N=C/C(NCCNC(N)=O)=C(/Oc1ccc(-c2ccccc2)cc1)C(=O)Nc1ccc(Cl)cc1. The fraction of sp³-hybridized carbons (Fsp3) is 0.0800. The maximum Gasteiger partial charge on any atom is 0.312 e. The molecule has 0 saturated carbocycles. The number of benzene rings is 3. The van der Waals surface area contributed by atoms with E-state index in [-0.39, 0.29) is 24.5 Å². The molecule has 8 nitrogen and oxygen atoms in total. The molecule has 0 bridgehead atoms. The van der Waals surface area contributed by atoms with Crippen molar-refractivity contribution in [2.45, 2.75) is 0 Å². The maximum atomic E-state index is 13.1. The molecule has 0 aliphatic carbocycles. The first kappa shape index (κ1) is 24.3. The van der Waals surface area contributed by atoms with E-state index in [9.17, 15) is 9.59 Å². The summed E-state index contributed by atoms with van der Waals surface area (Å²) in [6, 6.07) is 23.0. The molecular formula is C25H24ClN5O3. The number of allylic oxidation sites excluding steroid dienone is 1. The number of hydrogen-bond acceptors (Lipinski definition) is 5. The summed E-state index contributed by atoms with van der Waals surface area (Å²) in [5.41, 5.74) is 7.75. The summed E-state index contributed by atoms with van der Waals surface area (Å²) in [5.74, 6) is -0.267. The fourth-order valence-electron chi connectivity index (χ4n) is 2.99. The monoisotopic (exact) mass is 477 g/mol. The van der Waals surface area contributed by atoms with E-state index in [1.807, 2.05) is 42.5 Å². The highest BCUT2D eigenvalue weighted by atomic mass is 35.5. The number of amides is 3. The van der Waals surface area contributed by atoms with Gasteiger partial charge in [0.2, 0.25) is 5.76 Å². The van der Waals surface area contributed by atoms with Crippen LogP contribution in [0, 0.1) is 5.41 Å². The molecule has 0 atom stereocenters. The Morgan fingerprint density at radius 2 is 1.50 bits per heavy atom. The Hall–Kier alpha value is -4.30. The van der Waals surface area contributed by atoms with Gasteiger partial charge in [-0.25, -0.2) is 4.79 Å². The number of hydrogen-bond donors (Lipinski definition) is 5. The molecule has 3 amide bonds. The summed E-state index contributed by atoms with van der Waals surface area (Å²) in [4.78, 5) is 24.0. The molecule has 3 aromatic rings. The maximum absolute atomic E-state index is 13.1. The zero-order valence-corrected chi connectivity index (χ0v) is 18.9. The van der Waals surface area contributed by atoms with Crippen LogP contribution in [0.4, 0.5) is 10.5 Å². The van der Waals surface area contributed by atoms with Gasteiger partial charge in [0.15, 0.2) is 0 Å². The van der Waals surface area contributed by atoms with Crippen molar-refractivity contribution in [2.75, 3.05) is 18.4 Å². The van der Waals surface area contributed by atoms with Crippen LogP contribution in [0.2, 0.25) is 5.02 Å². The zero-order chi connectivity index (χ0) is 24.3. The molecule has 0 radical (unpaired) electrons. The predicted octanol–water partition coefficient (Wildman–Crippen LogP) is 4.14. The first-order valence-electron chi connectivity index (χ1n) is 10.4. The van der Waals surface area contributed by atoms with Gasteiger partial charge in [-0.1, -0.05) is 54.1 Å². The number of urea groups is 1. The Bertz CT molecular complexity index is 1160. The third-order valence-corrected chi connectivity index (χ3v) is 4.87. The molecule has 0 fully saturated rings. The number of carbonyl (C=O) groups is 2. The molecule has 0 aromatic heterocycles. The summed E-state index contributed by atoms with van der Waals surface area (Å²) < 4.78 is 5.91. The molecule has 0 unspecified atom stereocenters. The van der Waals surface area contributed by atoms with Crippen molar-refractivity contribution >= 4 is 35.4 Å². The van der Waals surface area contributed by atoms with Gasteiger partial charge in [-0.3, -0.25) is 4.79 Å².